The molecule has 0 amide bonds. The van der Waals surface area contributed by atoms with Crippen molar-refractivity contribution in [3.63, 3.8) is 0 Å². The van der Waals surface area contributed by atoms with E-state index in [-0.39, 0.29) is 0 Å². The van der Waals surface area contributed by atoms with Crippen LogP contribution in [-0.4, -0.2) is 12.6 Å². The molecule has 0 spiro atoms. The number of halogens is 2. The zero-order valence-corrected chi connectivity index (χ0v) is 13.3. The highest BCUT2D eigenvalue weighted by atomic mass is 79.9. The predicted octanol–water partition coefficient (Wildman–Crippen LogP) is 4.27. The summed E-state index contributed by atoms with van der Waals surface area (Å²) in [5.74, 6) is 0.855. The first kappa shape index (κ1) is 14.7. The van der Waals surface area contributed by atoms with Crippen molar-refractivity contribution in [2.24, 2.45) is 0 Å². The third-order valence-electron chi connectivity index (χ3n) is 2.33. The van der Waals surface area contributed by atoms with E-state index in [0.717, 1.165) is 21.2 Å². The first-order chi connectivity index (χ1) is 8.08. The van der Waals surface area contributed by atoms with Gasteiger partial charge in [-0.1, -0.05) is 6.08 Å². The lowest BCUT2D eigenvalue weighted by Gasteiger charge is -2.13. The van der Waals surface area contributed by atoms with Crippen molar-refractivity contribution < 1.29 is 4.74 Å². The zero-order chi connectivity index (χ0) is 12.8. The summed E-state index contributed by atoms with van der Waals surface area (Å²) in [5.41, 5.74) is 1.20. The lowest BCUT2D eigenvalue weighted by molar-refractivity contribution is 0.336. The molecule has 0 aliphatic rings. The van der Waals surface area contributed by atoms with Crippen molar-refractivity contribution in [3.8, 4) is 5.75 Å². The van der Waals surface area contributed by atoms with E-state index in [4.69, 9.17) is 4.74 Å². The number of benzene rings is 1. The second-order valence-electron chi connectivity index (χ2n) is 3.73. The summed E-state index contributed by atoms with van der Waals surface area (Å²) in [6, 6.07) is 4.44. The van der Waals surface area contributed by atoms with Crippen LogP contribution in [0.3, 0.4) is 0 Å². The van der Waals surface area contributed by atoms with Gasteiger partial charge in [0.25, 0.3) is 0 Å². The Morgan fingerprint density at radius 2 is 2.00 bits per heavy atom. The van der Waals surface area contributed by atoms with Gasteiger partial charge in [0.15, 0.2) is 0 Å². The molecule has 17 heavy (non-hydrogen) atoms. The number of rotatable bonds is 6. The third kappa shape index (κ3) is 4.45. The van der Waals surface area contributed by atoms with Crippen LogP contribution in [-0.2, 0) is 6.54 Å². The molecule has 0 saturated heterocycles. The van der Waals surface area contributed by atoms with Gasteiger partial charge < -0.3 is 10.1 Å². The Morgan fingerprint density at radius 1 is 1.41 bits per heavy atom. The first-order valence-corrected chi connectivity index (χ1v) is 7.13. The van der Waals surface area contributed by atoms with E-state index in [9.17, 15) is 0 Å². The minimum Gasteiger partial charge on any atom is -0.492 e. The van der Waals surface area contributed by atoms with Gasteiger partial charge in [0.2, 0.25) is 0 Å². The number of hydrogen-bond donors (Lipinski definition) is 1. The van der Waals surface area contributed by atoms with Crippen LogP contribution in [0.5, 0.6) is 5.75 Å². The van der Waals surface area contributed by atoms with Crippen LogP contribution in [0.25, 0.3) is 0 Å². The summed E-state index contributed by atoms with van der Waals surface area (Å²) in [5, 5.41) is 3.35. The van der Waals surface area contributed by atoms with E-state index >= 15 is 0 Å². The molecule has 0 aromatic heterocycles. The number of ether oxygens (including phenoxy) is 1. The minimum absolute atomic E-state index is 0.305. The second-order valence-corrected chi connectivity index (χ2v) is 5.44. The quantitative estimate of drug-likeness (QED) is 0.763. The van der Waals surface area contributed by atoms with Crippen LogP contribution in [0.2, 0.25) is 0 Å². The van der Waals surface area contributed by atoms with Gasteiger partial charge in [-0.3, -0.25) is 0 Å². The monoisotopic (exact) mass is 361 g/mol. The van der Waals surface area contributed by atoms with Gasteiger partial charge in [-0.2, -0.15) is 0 Å². The second kappa shape index (κ2) is 7.19. The molecule has 0 bridgehead atoms. The normalized spacial score (nSPS) is 12.2. The number of nitrogens with one attached hydrogen (secondary N) is 1. The van der Waals surface area contributed by atoms with E-state index in [1.54, 1.807) is 0 Å². The maximum absolute atomic E-state index is 5.54. The molecule has 1 aromatic carbocycles. The maximum Gasteiger partial charge on any atom is 0.147 e. The molecule has 1 aromatic rings. The van der Waals surface area contributed by atoms with Crippen LogP contribution in [0, 0.1) is 0 Å². The SMILES string of the molecule is C=CC(C)NCc1cc(Br)c(OCC)c(Br)c1. The molecule has 0 radical (unpaired) electrons. The molecule has 4 heteroatoms. The van der Waals surface area contributed by atoms with Crippen LogP contribution >= 0.6 is 31.9 Å². The largest absolute Gasteiger partial charge is 0.492 e. The molecule has 0 fully saturated rings. The molecule has 94 valence electrons. The van der Waals surface area contributed by atoms with Crippen LogP contribution in [0.1, 0.15) is 19.4 Å². The smallest absolute Gasteiger partial charge is 0.147 e. The van der Waals surface area contributed by atoms with Crippen LogP contribution < -0.4 is 10.1 Å². The lowest BCUT2D eigenvalue weighted by atomic mass is 10.2. The first-order valence-electron chi connectivity index (χ1n) is 5.55. The summed E-state index contributed by atoms with van der Waals surface area (Å²) in [4.78, 5) is 0. The van der Waals surface area contributed by atoms with E-state index in [0.29, 0.717) is 12.6 Å². The van der Waals surface area contributed by atoms with E-state index in [2.05, 4.69) is 62.8 Å². The average Bonchev–Trinajstić information content (AvgIpc) is 2.30. The van der Waals surface area contributed by atoms with Crippen LogP contribution in [0.15, 0.2) is 33.7 Å². The Labute approximate surface area is 120 Å². The summed E-state index contributed by atoms with van der Waals surface area (Å²) in [7, 11) is 0. The molecule has 0 aliphatic heterocycles. The van der Waals surface area contributed by atoms with E-state index in [1.165, 1.54) is 5.56 Å². The Hall–Kier alpha value is -0.320. The fourth-order valence-corrected chi connectivity index (χ4v) is 2.87. The van der Waals surface area contributed by atoms with Gasteiger partial charge in [-0.05, 0) is 63.4 Å². The van der Waals surface area contributed by atoms with Gasteiger partial charge in [0.05, 0.1) is 15.6 Å². The molecule has 1 N–H and O–H groups in total. The van der Waals surface area contributed by atoms with Crippen molar-refractivity contribution in [1.29, 1.82) is 0 Å². The van der Waals surface area contributed by atoms with Crippen LogP contribution in [0.4, 0.5) is 0 Å². The summed E-state index contributed by atoms with van der Waals surface area (Å²) < 4.78 is 7.48. The Kier molecular flexibility index (Phi) is 6.23. The third-order valence-corrected chi connectivity index (χ3v) is 3.51. The van der Waals surface area contributed by atoms with Gasteiger partial charge in [-0.15, -0.1) is 6.58 Å². The molecule has 0 aliphatic carbocycles. The van der Waals surface area contributed by atoms with Crippen molar-refractivity contribution >= 4 is 31.9 Å². The fraction of sp³-hybridized carbons (Fsp3) is 0.385. The summed E-state index contributed by atoms with van der Waals surface area (Å²) in [6.45, 7) is 9.25. The summed E-state index contributed by atoms with van der Waals surface area (Å²) in [6.07, 6.45) is 1.89. The van der Waals surface area contributed by atoms with Crippen molar-refractivity contribution in [3.05, 3.63) is 39.3 Å². The molecule has 2 nitrogen and oxygen atoms in total. The van der Waals surface area contributed by atoms with Gasteiger partial charge in [-0.25, -0.2) is 0 Å². The highest BCUT2D eigenvalue weighted by Gasteiger charge is 2.08. The van der Waals surface area contributed by atoms with E-state index in [1.807, 2.05) is 13.0 Å². The summed E-state index contributed by atoms with van der Waals surface area (Å²) >= 11 is 7.04. The maximum atomic E-state index is 5.54. The number of hydrogen-bond acceptors (Lipinski definition) is 2. The Morgan fingerprint density at radius 3 is 2.47 bits per heavy atom. The molecular weight excluding hydrogens is 346 g/mol. The molecule has 1 unspecified atom stereocenters. The van der Waals surface area contributed by atoms with Gasteiger partial charge in [0.1, 0.15) is 5.75 Å². The lowest BCUT2D eigenvalue weighted by Crippen LogP contribution is -2.22. The van der Waals surface area contributed by atoms with Gasteiger partial charge >= 0.3 is 0 Å². The van der Waals surface area contributed by atoms with Crippen molar-refractivity contribution in [2.45, 2.75) is 26.4 Å². The molecule has 1 rings (SSSR count). The van der Waals surface area contributed by atoms with Crippen molar-refractivity contribution in [2.75, 3.05) is 6.61 Å². The standard InChI is InChI=1S/C13H17Br2NO/c1-4-9(3)16-8-10-6-11(14)13(17-5-2)12(15)7-10/h4,6-7,9,16H,1,5,8H2,2-3H3. The average molecular weight is 363 g/mol. The Bertz CT molecular complexity index is 370. The molecule has 0 saturated carbocycles. The predicted molar refractivity (Wildman–Crippen MR) is 79.5 cm³/mol. The highest BCUT2D eigenvalue weighted by molar-refractivity contribution is 9.11. The zero-order valence-electron chi connectivity index (χ0n) is 10.1. The highest BCUT2D eigenvalue weighted by Crippen LogP contribution is 2.34. The molecular formula is C13H17Br2NO. The minimum atomic E-state index is 0.305. The van der Waals surface area contributed by atoms with Gasteiger partial charge in [0, 0.05) is 12.6 Å². The van der Waals surface area contributed by atoms with Crippen molar-refractivity contribution in [1.82, 2.24) is 5.32 Å². The Balaban J connectivity index is 2.79. The topological polar surface area (TPSA) is 21.3 Å². The fourth-order valence-electron chi connectivity index (χ4n) is 1.36. The molecule has 0 heterocycles. The molecule has 1 atom stereocenters. The van der Waals surface area contributed by atoms with E-state index < -0.39 is 0 Å².